The zero-order valence-electron chi connectivity index (χ0n) is 11.6. The molecule has 4 heteroatoms. The molecule has 0 radical (unpaired) electrons. The van der Waals surface area contributed by atoms with Gasteiger partial charge in [0.25, 0.3) is 0 Å². The first-order valence-corrected chi connectivity index (χ1v) is 7.08. The van der Waals surface area contributed by atoms with Gasteiger partial charge in [0.05, 0.1) is 5.52 Å². The Bertz CT molecular complexity index is 802. The summed E-state index contributed by atoms with van der Waals surface area (Å²) in [7, 11) is 0. The first-order chi connectivity index (χ1) is 10.2. The van der Waals surface area contributed by atoms with E-state index in [1.807, 2.05) is 49.4 Å². The minimum atomic E-state index is 0.413. The van der Waals surface area contributed by atoms with E-state index in [9.17, 15) is 0 Å². The molecular formula is C17H15ClN2O. The number of fused-ring (bicyclic) bond motifs is 1. The second-order valence-electron chi connectivity index (χ2n) is 4.84. The average molecular weight is 299 g/mol. The maximum absolute atomic E-state index is 6.17. The van der Waals surface area contributed by atoms with Crippen LogP contribution in [-0.2, 0) is 6.54 Å². The predicted molar refractivity (Wildman–Crippen MR) is 85.9 cm³/mol. The van der Waals surface area contributed by atoms with Crippen LogP contribution in [0.25, 0.3) is 10.9 Å². The number of para-hydroxylation sites is 1. The van der Waals surface area contributed by atoms with E-state index >= 15 is 0 Å². The second kappa shape index (κ2) is 5.72. The Morgan fingerprint density at radius 1 is 1.14 bits per heavy atom. The largest absolute Gasteiger partial charge is 0.457 e. The van der Waals surface area contributed by atoms with Crippen LogP contribution in [0.15, 0.2) is 48.5 Å². The van der Waals surface area contributed by atoms with Crippen molar-refractivity contribution in [3.05, 3.63) is 64.8 Å². The molecule has 1 aromatic heterocycles. The Hall–Kier alpha value is -2.10. The summed E-state index contributed by atoms with van der Waals surface area (Å²) in [6, 6.07) is 15.4. The number of rotatable bonds is 3. The fourth-order valence-electron chi connectivity index (χ4n) is 2.24. The summed E-state index contributed by atoms with van der Waals surface area (Å²) in [6.07, 6.45) is 0. The van der Waals surface area contributed by atoms with Crippen molar-refractivity contribution in [2.75, 3.05) is 0 Å². The van der Waals surface area contributed by atoms with Crippen molar-refractivity contribution in [3.8, 4) is 11.5 Å². The maximum atomic E-state index is 6.17. The molecule has 0 bridgehead atoms. The highest BCUT2D eigenvalue weighted by atomic mass is 35.5. The molecule has 0 aliphatic rings. The van der Waals surface area contributed by atoms with Gasteiger partial charge in [-0.2, -0.15) is 0 Å². The molecule has 0 unspecified atom stereocenters. The maximum Gasteiger partial charge on any atom is 0.138 e. The van der Waals surface area contributed by atoms with Gasteiger partial charge in [-0.3, -0.25) is 4.98 Å². The van der Waals surface area contributed by atoms with Crippen LogP contribution < -0.4 is 10.5 Å². The van der Waals surface area contributed by atoms with Gasteiger partial charge in [-0.25, -0.2) is 0 Å². The van der Waals surface area contributed by atoms with Crippen molar-refractivity contribution in [1.82, 2.24) is 4.98 Å². The Morgan fingerprint density at radius 2 is 1.95 bits per heavy atom. The third-order valence-electron chi connectivity index (χ3n) is 3.28. The van der Waals surface area contributed by atoms with Crippen molar-refractivity contribution < 1.29 is 4.74 Å². The fraction of sp³-hybridized carbons (Fsp3) is 0.118. The molecule has 0 amide bonds. The summed E-state index contributed by atoms with van der Waals surface area (Å²) in [5.74, 6) is 1.46. The van der Waals surface area contributed by atoms with Crippen LogP contribution in [0.2, 0.25) is 5.02 Å². The second-order valence-corrected chi connectivity index (χ2v) is 5.25. The van der Waals surface area contributed by atoms with E-state index in [4.69, 9.17) is 22.1 Å². The number of ether oxygens (including phenoxy) is 1. The van der Waals surface area contributed by atoms with Gasteiger partial charge in [0.1, 0.15) is 11.5 Å². The molecular weight excluding hydrogens is 284 g/mol. The van der Waals surface area contributed by atoms with E-state index in [1.54, 1.807) is 6.07 Å². The van der Waals surface area contributed by atoms with Gasteiger partial charge in [-0.1, -0.05) is 29.8 Å². The summed E-state index contributed by atoms with van der Waals surface area (Å²) in [5.41, 5.74) is 8.34. The lowest BCUT2D eigenvalue weighted by Gasteiger charge is -2.11. The average Bonchev–Trinajstić information content (AvgIpc) is 2.47. The lowest BCUT2D eigenvalue weighted by Crippen LogP contribution is -1.97. The van der Waals surface area contributed by atoms with Crippen LogP contribution in [0.3, 0.4) is 0 Å². The van der Waals surface area contributed by atoms with E-state index in [0.29, 0.717) is 17.3 Å². The molecule has 0 aliphatic carbocycles. The number of aromatic nitrogens is 1. The molecule has 0 saturated heterocycles. The highest BCUT2D eigenvalue weighted by Crippen LogP contribution is 2.31. The van der Waals surface area contributed by atoms with Crippen molar-refractivity contribution >= 4 is 22.5 Å². The van der Waals surface area contributed by atoms with Gasteiger partial charge >= 0.3 is 0 Å². The summed E-state index contributed by atoms with van der Waals surface area (Å²) in [6.45, 7) is 2.36. The van der Waals surface area contributed by atoms with Crippen molar-refractivity contribution in [1.29, 1.82) is 0 Å². The molecule has 0 saturated carbocycles. The highest BCUT2D eigenvalue weighted by Gasteiger charge is 2.07. The topological polar surface area (TPSA) is 48.1 Å². The number of pyridine rings is 1. The lowest BCUT2D eigenvalue weighted by atomic mass is 10.2. The molecule has 3 rings (SSSR count). The van der Waals surface area contributed by atoms with Crippen LogP contribution in [0, 0.1) is 6.92 Å². The molecule has 2 N–H and O–H groups in total. The number of benzene rings is 2. The molecule has 2 aromatic carbocycles. The monoisotopic (exact) mass is 298 g/mol. The summed E-state index contributed by atoms with van der Waals surface area (Å²) >= 11 is 6.17. The smallest absolute Gasteiger partial charge is 0.138 e. The van der Waals surface area contributed by atoms with Gasteiger partial charge in [0, 0.05) is 28.7 Å². The summed E-state index contributed by atoms with van der Waals surface area (Å²) < 4.78 is 5.99. The predicted octanol–water partition coefficient (Wildman–Crippen LogP) is 4.45. The van der Waals surface area contributed by atoms with Gasteiger partial charge in [-0.05, 0) is 36.8 Å². The van der Waals surface area contributed by atoms with Gasteiger partial charge in [0.2, 0.25) is 0 Å². The molecule has 0 aliphatic heterocycles. The first kappa shape index (κ1) is 13.9. The molecule has 3 aromatic rings. The van der Waals surface area contributed by atoms with E-state index < -0.39 is 0 Å². The zero-order chi connectivity index (χ0) is 14.8. The van der Waals surface area contributed by atoms with E-state index in [0.717, 1.165) is 27.9 Å². The number of hydrogen-bond acceptors (Lipinski definition) is 3. The molecule has 3 nitrogen and oxygen atoms in total. The van der Waals surface area contributed by atoms with Crippen molar-refractivity contribution in [2.45, 2.75) is 13.5 Å². The minimum Gasteiger partial charge on any atom is -0.457 e. The number of hydrogen-bond donors (Lipinski definition) is 1. The lowest BCUT2D eigenvalue weighted by molar-refractivity contribution is 0.487. The van der Waals surface area contributed by atoms with E-state index in [1.165, 1.54) is 0 Å². The SMILES string of the molecule is Cc1cc(Oc2ccc(CN)c(Cl)c2)c2ccccc2n1. The molecule has 1 heterocycles. The standard InChI is InChI=1S/C17H15ClN2O/c1-11-8-17(14-4-2-3-5-16(14)20-11)21-13-7-6-12(10-19)15(18)9-13/h2-9H,10,19H2,1H3. The van der Waals surface area contributed by atoms with Crippen LogP contribution in [-0.4, -0.2) is 4.98 Å². The van der Waals surface area contributed by atoms with Crippen LogP contribution in [0.5, 0.6) is 11.5 Å². The quantitative estimate of drug-likeness (QED) is 0.777. The van der Waals surface area contributed by atoms with Gasteiger partial charge < -0.3 is 10.5 Å². The Balaban J connectivity index is 2.03. The van der Waals surface area contributed by atoms with Crippen LogP contribution in [0.4, 0.5) is 0 Å². The van der Waals surface area contributed by atoms with Gasteiger partial charge in [-0.15, -0.1) is 0 Å². The molecule has 0 atom stereocenters. The number of nitrogens with two attached hydrogens (primary N) is 1. The number of halogens is 1. The van der Waals surface area contributed by atoms with E-state index in [-0.39, 0.29) is 0 Å². The molecule has 21 heavy (non-hydrogen) atoms. The zero-order valence-corrected chi connectivity index (χ0v) is 12.4. The first-order valence-electron chi connectivity index (χ1n) is 6.70. The normalized spacial score (nSPS) is 10.8. The van der Waals surface area contributed by atoms with Crippen LogP contribution >= 0.6 is 11.6 Å². The third-order valence-corrected chi connectivity index (χ3v) is 3.63. The number of nitrogens with zero attached hydrogens (tertiary/aromatic N) is 1. The Kier molecular flexibility index (Phi) is 3.78. The highest BCUT2D eigenvalue weighted by molar-refractivity contribution is 6.31. The third kappa shape index (κ3) is 2.84. The van der Waals surface area contributed by atoms with Crippen molar-refractivity contribution in [2.24, 2.45) is 5.73 Å². The Morgan fingerprint density at radius 3 is 2.71 bits per heavy atom. The van der Waals surface area contributed by atoms with Gasteiger partial charge in [0.15, 0.2) is 0 Å². The Labute approximate surface area is 128 Å². The minimum absolute atomic E-state index is 0.413. The summed E-state index contributed by atoms with van der Waals surface area (Å²) in [5, 5.41) is 1.59. The molecule has 0 spiro atoms. The van der Waals surface area contributed by atoms with Crippen LogP contribution in [0.1, 0.15) is 11.3 Å². The molecule has 0 fully saturated rings. The van der Waals surface area contributed by atoms with E-state index in [2.05, 4.69) is 4.98 Å². The fourth-order valence-corrected chi connectivity index (χ4v) is 2.49. The number of aryl methyl sites for hydroxylation is 1. The summed E-state index contributed by atoms with van der Waals surface area (Å²) in [4.78, 5) is 4.50. The molecule has 106 valence electrons. The van der Waals surface area contributed by atoms with Crippen molar-refractivity contribution in [3.63, 3.8) is 0 Å².